The third-order valence-corrected chi connectivity index (χ3v) is 6.19. The summed E-state index contributed by atoms with van der Waals surface area (Å²) in [6.45, 7) is 9.44. The normalized spacial score (nSPS) is 20.4. The molecule has 0 bridgehead atoms. The Labute approximate surface area is 148 Å². The maximum Gasteiger partial charge on any atom is 0.407 e. The van der Waals surface area contributed by atoms with Gasteiger partial charge in [0.1, 0.15) is 0 Å². The SMILES string of the molecule is CCCCCCCC[C@@]1(NC(=O)OCC[Si](C)(C)C)C=CC(=O)C1. The smallest absolute Gasteiger partial charge is 0.407 e. The Morgan fingerprint density at radius 2 is 1.88 bits per heavy atom. The largest absolute Gasteiger partial charge is 0.450 e. The van der Waals surface area contributed by atoms with Crippen LogP contribution >= 0.6 is 0 Å². The quantitative estimate of drug-likeness (QED) is 0.417. The number of hydrogen-bond donors (Lipinski definition) is 1. The number of amides is 1. The number of carbonyl (C=O) groups excluding carboxylic acids is 2. The van der Waals surface area contributed by atoms with Gasteiger partial charge in [0.05, 0.1) is 12.1 Å². The van der Waals surface area contributed by atoms with Crippen LogP contribution < -0.4 is 5.32 Å². The van der Waals surface area contributed by atoms with Gasteiger partial charge in [0, 0.05) is 14.5 Å². The predicted molar refractivity (Wildman–Crippen MR) is 102 cm³/mol. The van der Waals surface area contributed by atoms with Crippen LogP contribution in [-0.2, 0) is 9.53 Å². The van der Waals surface area contributed by atoms with Crippen LogP contribution in [0.3, 0.4) is 0 Å². The zero-order chi connectivity index (χ0) is 18.1. The highest BCUT2D eigenvalue weighted by molar-refractivity contribution is 6.76. The Morgan fingerprint density at radius 1 is 1.21 bits per heavy atom. The van der Waals surface area contributed by atoms with E-state index >= 15 is 0 Å². The topological polar surface area (TPSA) is 55.4 Å². The van der Waals surface area contributed by atoms with E-state index in [0.29, 0.717) is 13.0 Å². The van der Waals surface area contributed by atoms with E-state index < -0.39 is 19.7 Å². The van der Waals surface area contributed by atoms with Crippen LogP contribution in [0, 0.1) is 0 Å². The van der Waals surface area contributed by atoms with Gasteiger partial charge in [-0.3, -0.25) is 4.79 Å². The summed E-state index contributed by atoms with van der Waals surface area (Å²) >= 11 is 0. The van der Waals surface area contributed by atoms with Crippen molar-refractivity contribution in [1.29, 1.82) is 0 Å². The van der Waals surface area contributed by atoms with Gasteiger partial charge in [0.25, 0.3) is 0 Å². The van der Waals surface area contributed by atoms with Crippen molar-refractivity contribution in [3.05, 3.63) is 12.2 Å². The van der Waals surface area contributed by atoms with Gasteiger partial charge in [-0.1, -0.05) is 71.2 Å². The Balaban J connectivity index is 2.40. The summed E-state index contributed by atoms with van der Waals surface area (Å²) in [5.41, 5.74) is -0.530. The molecule has 0 spiro atoms. The van der Waals surface area contributed by atoms with Gasteiger partial charge in [-0.2, -0.15) is 0 Å². The van der Waals surface area contributed by atoms with Gasteiger partial charge in [-0.25, -0.2) is 4.79 Å². The number of hydrogen-bond acceptors (Lipinski definition) is 3. The van der Waals surface area contributed by atoms with E-state index in [1.807, 2.05) is 6.08 Å². The number of unbranched alkanes of at least 4 members (excludes halogenated alkanes) is 5. The summed E-state index contributed by atoms with van der Waals surface area (Å²) < 4.78 is 5.34. The standard InChI is InChI=1S/C19H35NO3Si/c1-5-6-7-8-9-10-12-19(13-11-17(21)16-19)20-18(22)23-14-15-24(2,3)4/h11,13H,5-10,12,14-16H2,1-4H3,(H,20,22)/t19-/m1/s1. The van der Waals surface area contributed by atoms with Crippen LogP contribution in [0.25, 0.3) is 0 Å². The molecule has 0 heterocycles. The first-order valence-electron chi connectivity index (χ1n) is 9.43. The molecule has 0 saturated heterocycles. The third kappa shape index (κ3) is 8.67. The third-order valence-electron chi connectivity index (χ3n) is 4.49. The number of allylic oxidation sites excluding steroid dienone is 1. The number of ether oxygens (including phenoxy) is 1. The molecule has 24 heavy (non-hydrogen) atoms. The van der Waals surface area contributed by atoms with Crippen LogP contribution in [0.5, 0.6) is 0 Å². The van der Waals surface area contributed by atoms with Crippen LogP contribution in [0.4, 0.5) is 4.79 Å². The summed E-state index contributed by atoms with van der Waals surface area (Å²) in [5.74, 6) is 0.0865. The number of rotatable bonds is 11. The highest BCUT2D eigenvalue weighted by Crippen LogP contribution is 2.27. The Bertz CT molecular complexity index is 442. The van der Waals surface area contributed by atoms with Crippen molar-refractivity contribution in [2.75, 3.05) is 6.61 Å². The molecule has 0 saturated carbocycles. The van der Waals surface area contributed by atoms with Gasteiger partial charge in [-0.15, -0.1) is 0 Å². The van der Waals surface area contributed by atoms with Crippen LogP contribution in [0.1, 0.15) is 58.3 Å². The number of alkyl carbamates (subject to hydrolysis) is 1. The molecule has 0 aromatic carbocycles. The minimum atomic E-state index is -1.21. The molecule has 1 rings (SSSR count). The minimum Gasteiger partial charge on any atom is -0.450 e. The molecule has 0 radical (unpaired) electrons. The van der Waals surface area contributed by atoms with Gasteiger partial charge < -0.3 is 10.1 Å². The molecule has 4 nitrogen and oxygen atoms in total. The summed E-state index contributed by atoms with van der Waals surface area (Å²) in [6.07, 6.45) is 11.4. The van der Waals surface area contributed by atoms with Crippen LogP contribution in [0.2, 0.25) is 25.7 Å². The summed E-state index contributed by atoms with van der Waals surface area (Å²) in [6, 6.07) is 0.958. The first-order valence-corrected chi connectivity index (χ1v) is 13.1. The van der Waals surface area contributed by atoms with Gasteiger partial charge in [-0.05, 0) is 18.5 Å². The molecule has 1 atom stereocenters. The lowest BCUT2D eigenvalue weighted by Crippen LogP contribution is -2.46. The first kappa shape index (κ1) is 20.9. The first-order chi connectivity index (χ1) is 11.3. The maximum atomic E-state index is 12.1. The van der Waals surface area contributed by atoms with Crippen molar-refractivity contribution >= 4 is 20.0 Å². The highest BCUT2D eigenvalue weighted by Gasteiger charge is 2.35. The fourth-order valence-electron chi connectivity index (χ4n) is 2.91. The molecular formula is C19H35NO3Si. The fraction of sp³-hybridized carbons (Fsp3) is 0.789. The number of carbonyl (C=O) groups is 2. The molecule has 0 fully saturated rings. The molecule has 1 N–H and O–H groups in total. The molecule has 1 aliphatic rings. The van der Waals surface area contributed by atoms with Crippen molar-refractivity contribution in [2.24, 2.45) is 0 Å². The van der Waals surface area contributed by atoms with E-state index in [0.717, 1.165) is 25.3 Å². The summed E-state index contributed by atoms with van der Waals surface area (Å²) in [4.78, 5) is 23.8. The molecule has 5 heteroatoms. The van der Waals surface area contributed by atoms with Crippen molar-refractivity contribution in [3.8, 4) is 0 Å². The predicted octanol–water partition coefficient (Wildman–Crippen LogP) is 5.07. The Kier molecular flexibility index (Phi) is 8.74. The summed E-state index contributed by atoms with van der Waals surface area (Å²) in [5, 5.41) is 2.96. The van der Waals surface area contributed by atoms with E-state index in [9.17, 15) is 9.59 Å². The molecule has 0 aromatic rings. The van der Waals surface area contributed by atoms with Crippen LogP contribution in [0.15, 0.2) is 12.2 Å². The van der Waals surface area contributed by atoms with Gasteiger partial charge >= 0.3 is 6.09 Å². The second-order valence-electron chi connectivity index (χ2n) is 8.22. The lowest BCUT2D eigenvalue weighted by molar-refractivity contribution is -0.114. The zero-order valence-electron chi connectivity index (χ0n) is 16.0. The molecule has 0 aromatic heterocycles. The minimum absolute atomic E-state index is 0.0865. The van der Waals surface area contributed by atoms with E-state index in [-0.39, 0.29) is 5.78 Å². The van der Waals surface area contributed by atoms with E-state index in [1.54, 1.807) is 6.08 Å². The second kappa shape index (κ2) is 10.0. The average molecular weight is 354 g/mol. The highest BCUT2D eigenvalue weighted by atomic mass is 28.3. The van der Waals surface area contributed by atoms with Crippen molar-refractivity contribution in [3.63, 3.8) is 0 Å². The lowest BCUT2D eigenvalue weighted by atomic mass is 9.91. The van der Waals surface area contributed by atoms with Crippen molar-refractivity contribution in [2.45, 2.75) is 89.5 Å². The Hall–Kier alpha value is -1.10. The molecule has 138 valence electrons. The average Bonchev–Trinajstić information content (AvgIpc) is 2.82. The van der Waals surface area contributed by atoms with Gasteiger partial charge in [0.2, 0.25) is 0 Å². The van der Waals surface area contributed by atoms with Crippen molar-refractivity contribution in [1.82, 2.24) is 5.32 Å². The zero-order valence-corrected chi connectivity index (χ0v) is 17.0. The molecule has 1 aliphatic carbocycles. The fourth-order valence-corrected chi connectivity index (χ4v) is 3.63. The second-order valence-corrected chi connectivity index (χ2v) is 13.8. The van der Waals surface area contributed by atoms with Gasteiger partial charge in [0.15, 0.2) is 5.78 Å². The molecular weight excluding hydrogens is 318 g/mol. The molecule has 1 amide bonds. The summed E-state index contributed by atoms with van der Waals surface area (Å²) in [7, 11) is -1.21. The molecule has 0 aliphatic heterocycles. The number of nitrogens with one attached hydrogen (secondary N) is 1. The maximum absolute atomic E-state index is 12.1. The number of ketones is 1. The van der Waals surface area contributed by atoms with E-state index in [2.05, 4.69) is 31.9 Å². The molecule has 0 unspecified atom stereocenters. The van der Waals surface area contributed by atoms with E-state index in [1.165, 1.54) is 25.7 Å². The van der Waals surface area contributed by atoms with E-state index in [4.69, 9.17) is 4.74 Å². The lowest BCUT2D eigenvalue weighted by Gasteiger charge is -2.28. The Morgan fingerprint density at radius 3 is 2.46 bits per heavy atom. The monoisotopic (exact) mass is 353 g/mol. The van der Waals surface area contributed by atoms with Crippen LogP contribution in [-0.4, -0.2) is 32.1 Å². The van der Waals surface area contributed by atoms with Crippen molar-refractivity contribution < 1.29 is 14.3 Å².